The van der Waals surface area contributed by atoms with Crippen LogP contribution >= 0.6 is 0 Å². The molecule has 2 aliphatic carbocycles. The Hall–Kier alpha value is -0.120. The van der Waals surface area contributed by atoms with Gasteiger partial charge >= 0.3 is 0 Å². The summed E-state index contributed by atoms with van der Waals surface area (Å²) >= 11 is 0. The molecule has 2 saturated heterocycles. The third kappa shape index (κ3) is 2.34. The highest BCUT2D eigenvalue weighted by molar-refractivity contribution is 5.03. The van der Waals surface area contributed by atoms with E-state index >= 15 is 0 Å². The number of piperazine rings is 1. The second-order valence-electron chi connectivity index (χ2n) is 7.56. The Balaban J connectivity index is 1.43. The Kier molecular flexibility index (Phi) is 3.13. The lowest BCUT2D eigenvalue weighted by atomic mass is 9.91. The Morgan fingerprint density at radius 1 is 1.05 bits per heavy atom. The molecule has 0 aromatic carbocycles. The van der Waals surface area contributed by atoms with E-state index < -0.39 is 0 Å². The Bertz CT molecular complexity index is 333. The molecule has 4 aliphatic rings. The SMILES string of the molecule is CC1CNC2(CCCC2)CN1C1CCN(C2CC2)C1. The minimum absolute atomic E-state index is 0.486. The largest absolute Gasteiger partial charge is 0.308 e. The minimum atomic E-state index is 0.486. The van der Waals surface area contributed by atoms with Crippen LogP contribution in [-0.2, 0) is 0 Å². The summed E-state index contributed by atoms with van der Waals surface area (Å²) in [4.78, 5) is 5.63. The summed E-state index contributed by atoms with van der Waals surface area (Å²) in [5, 5.41) is 3.89. The van der Waals surface area contributed by atoms with Crippen LogP contribution in [0.2, 0.25) is 0 Å². The van der Waals surface area contributed by atoms with Gasteiger partial charge in [-0.05, 0) is 39.0 Å². The predicted octanol–water partition coefficient (Wildman–Crippen LogP) is 1.83. The first-order chi connectivity index (χ1) is 9.26. The average Bonchev–Trinajstić information content (AvgIpc) is 2.99. The van der Waals surface area contributed by atoms with E-state index in [0.29, 0.717) is 5.54 Å². The maximum Gasteiger partial charge on any atom is 0.0309 e. The molecule has 4 rings (SSSR count). The van der Waals surface area contributed by atoms with E-state index in [4.69, 9.17) is 0 Å². The van der Waals surface area contributed by atoms with Crippen LogP contribution in [0.15, 0.2) is 0 Å². The fourth-order valence-corrected chi connectivity index (χ4v) is 4.73. The summed E-state index contributed by atoms with van der Waals surface area (Å²) in [7, 11) is 0. The van der Waals surface area contributed by atoms with Crippen molar-refractivity contribution in [3.8, 4) is 0 Å². The van der Waals surface area contributed by atoms with Crippen LogP contribution < -0.4 is 5.32 Å². The fraction of sp³-hybridized carbons (Fsp3) is 1.00. The van der Waals surface area contributed by atoms with E-state index in [1.165, 1.54) is 71.1 Å². The second-order valence-corrected chi connectivity index (χ2v) is 7.56. The quantitative estimate of drug-likeness (QED) is 0.820. The van der Waals surface area contributed by atoms with Gasteiger partial charge in [0, 0.05) is 49.8 Å². The number of hydrogen-bond acceptors (Lipinski definition) is 3. The number of likely N-dealkylation sites (tertiary alicyclic amines) is 1. The van der Waals surface area contributed by atoms with Crippen LogP contribution in [0, 0.1) is 0 Å². The molecule has 0 radical (unpaired) electrons. The molecular formula is C16H29N3. The highest BCUT2D eigenvalue weighted by Crippen LogP contribution is 2.36. The molecule has 3 nitrogen and oxygen atoms in total. The molecular weight excluding hydrogens is 234 g/mol. The van der Waals surface area contributed by atoms with E-state index in [1.54, 1.807) is 0 Å². The first kappa shape index (κ1) is 12.6. The molecule has 2 atom stereocenters. The van der Waals surface area contributed by atoms with Gasteiger partial charge < -0.3 is 5.32 Å². The number of rotatable bonds is 2. The normalized spacial score (nSPS) is 40.3. The number of hydrogen-bond donors (Lipinski definition) is 1. The van der Waals surface area contributed by atoms with Crippen molar-refractivity contribution < 1.29 is 0 Å². The molecule has 4 fully saturated rings. The summed E-state index contributed by atoms with van der Waals surface area (Å²) in [6.45, 7) is 7.66. The van der Waals surface area contributed by atoms with E-state index in [2.05, 4.69) is 22.0 Å². The smallest absolute Gasteiger partial charge is 0.0309 e. The maximum absolute atomic E-state index is 3.89. The molecule has 2 aliphatic heterocycles. The highest BCUT2D eigenvalue weighted by Gasteiger charge is 2.44. The Labute approximate surface area is 117 Å². The monoisotopic (exact) mass is 263 g/mol. The summed E-state index contributed by atoms with van der Waals surface area (Å²) < 4.78 is 0. The van der Waals surface area contributed by atoms with Crippen LogP contribution in [-0.4, -0.2) is 59.6 Å². The van der Waals surface area contributed by atoms with E-state index in [0.717, 1.165) is 18.1 Å². The molecule has 1 N–H and O–H groups in total. The first-order valence-electron chi connectivity index (χ1n) is 8.51. The predicted molar refractivity (Wildman–Crippen MR) is 78.4 cm³/mol. The van der Waals surface area contributed by atoms with Crippen LogP contribution in [0.1, 0.15) is 51.9 Å². The van der Waals surface area contributed by atoms with Gasteiger partial charge in [-0.2, -0.15) is 0 Å². The van der Waals surface area contributed by atoms with Crippen molar-refractivity contribution in [2.45, 2.75) is 75.5 Å². The fourth-order valence-electron chi connectivity index (χ4n) is 4.73. The Morgan fingerprint density at radius 2 is 1.84 bits per heavy atom. The summed E-state index contributed by atoms with van der Waals surface area (Å²) in [6.07, 6.45) is 10.0. The zero-order valence-electron chi connectivity index (χ0n) is 12.4. The van der Waals surface area contributed by atoms with Crippen LogP contribution in [0.3, 0.4) is 0 Å². The van der Waals surface area contributed by atoms with Gasteiger partial charge in [-0.25, -0.2) is 0 Å². The summed E-state index contributed by atoms with van der Waals surface area (Å²) in [6, 6.07) is 2.54. The van der Waals surface area contributed by atoms with Crippen LogP contribution in [0.25, 0.3) is 0 Å². The van der Waals surface area contributed by atoms with Gasteiger partial charge in [0.1, 0.15) is 0 Å². The molecule has 0 amide bonds. The van der Waals surface area contributed by atoms with Gasteiger partial charge in [-0.3, -0.25) is 9.80 Å². The summed E-state index contributed by atoms with van der Waals surface area (Å²) in [5.41, 5.74) is 0.486. The lowest BCUT2D eigenvalue weighted by Gasteiger charge is -2.48. The lowest BCUT2D eigenvalue weighted by Crippen LogP contribution is -2.64. The maximum atomic E-state index is 3.89. The van der Waals surface area contributed by atoms with Crippen molar-refractivity contribution in [2.75, 3.05) is 26.2 Å². The van der Waals surface area contributed by atoms with E-state index in [1.807, 2.05) is 0 Å². The lowest BCUT2D eigenvalue weighted by molar-refractivity contribution is 0.0527. The molecule has 2 heterocycles. The number of nitrogens with one attached hydrogen (secondary N) is 1. The highest BCUT2D eigenvalue weighted by atomic mass is 15.3. The van der Waals surface area contributed by atoms with Crippen molar-refractivity contribution >= 4 is 0 Å². The van der Waals surface area contributed by atoms with Crippen molar-refractivity contribution in [3.05, 3.63) is 0 Å². The van der Waals surface area contributed by atoms with Gasteiger partial charge in [-0.15, -0.1) is 0 Å². The molecule has 19 heavy (non-hydrogen) atoms. The van der Waals surface area contributed by atoms with Crippen molar-refractivity contribution in [2.24, 2.45) is 0 Å². The molecule has 108 valence electrons. The minimum Gasteiger partial charge on any atom is -0.308 e. The topological polar surface area (TPSA) is 18.5 Å². The standard InChI is InChI=1S/C16H29N3/c1-13-10-17-16(7-2-3-8-16)12-19(13)15-6-9-18(11-15)14-4-5-14/h13-15,17H,2-12H2,1H3. The van der Waals surface area contributed by atoms with E-state index in [9.17, 15) is 0 Å². The molecule has 2 unspecified atom stereocenters. The molecule has 0 bridgehead atoms. The summed E-state index contributed by atoms with van der Waals surface area (Å²) in [5.74, 6) is 0. The van der Waals surface area contributed by atoms with Gasteiger partial charge in [0.25, 0.3) is 0 Å². The van der Waals surface area contributed by atoms with Gasteiger partial charge in [0.15, 0.2) is 0 Å². The molecule has 2 saturated carbocycles. The first-order valence-corrected chi connectivity index (χ1v) is 8.51. The zero-order valence-corrected chi connectivity index (χ0v) is 12.4. The molecule has 0 aromatic rings. The van der Waals surface area contributed by atoms with Crippen molar-refractivity contribution in [1.82, 2.24) is 15.1 Å². The third-order valence-corrected chi connectivity index (χ3v) is 6.11. The van der Waals surface area contributed by atoms with Gasteiger partial charge in [0.2, 0.25) is 0 Å². The van der Waals surface area contributed by atoms with Gasteiger partial charge in [-0.1, -0.05) is 12.8 Å². The third-order valence-electron chi connectivity index (χ3n) is 6.11. The van der Waals surface area contributed by atoms with Crippen LogP contribution in [0.5, 0.6) is 0 Å². The molecule has 0 aromatic heterocycles. The second kappa shape index (κ2) is 4.71. The van der Waals surface area contributed by atoms with Crippen molar-refractivity contribution in [1.29, 1.82) is 0 Å². The Morgan fingerprint density at radius 3 is 2.58 bits per heavy atom. The van der Waals surface area contributed by atoms with E-state index in [-0.39, 0.29) is 0 Å². The van der Waals surface area contributed by atoms with Gasteiger partial charge in [0.05, 0.1) is 0 Å². The molecule has 3 heteroatoms. The van der Waals surface area contributed by atoms with Crippen LogP contribution in [0.4, 0.5) is 0 Å². The van der Waals surface area contributed by atoms with Crippen molar-refractivity contribution in [3.63, 3.8) is 0 Å². The molecule has 1 spiro atoms. The number of nitrogens with zero attached hydrogens (tertiary/aromatic N) is 2. The zero-order chi connectivity index (χ0) is 12.9. The average molecular weight is 263 g/mol.